The summed E-state index contributed by atoms with van der Waals surface area (Å²) in [6.07, 6.45) is -0.0530. The van der Waals surface area contributed by atoms with E-state index in [1.165, 1.54) is 11.3 Å². The maximum absolute atomic E-state index is 12.6. The van der Waals surface area contributed by atoms with E-state index in [0.29, 0.717) is 23.9 Å². The van der Waals surface area contributed by atoms with Crippen LogP contribution in [0.25, 0.3) is 0 Å². The number of rotatable bonds is 4. The molecule has 2 atom stereocenters. The van der Waals surface area contributed by atoms with E-state index in [2.05, 4.69) is 5.32 Å². The van der Waals surface area contributed by atoms with Gasteiger partial charge in [0.1, 0.15) is 4.21 Å². The van der Waals surface area contributed by atoms with Gasteiger partial charge in [0.15, 0.2) is 0 Å². The molecule has 2 heterocycles. The number of ether oxygens (including phenoxy) is 1. The Kier molecular flexibility index (Phi) is 4.62. The summed E-state index contributed by atoms with van der Waals surface area (Å²) in [5.74, 6) is 0. The summed E-state index contributed by atoms with van der Waals surface area (Å²) in [5, 5.41) is 4.91. The molecule has 0 radical (unpaired) electrons. The van der Waals surface area contributed by atoms with Gasteiger partial charge in [0.2, 0.25) is 0 Å². The minimum atomic E-state index is -3.40. The molecule has 7 heteroatoms. The first-order valence-corrected chi connectivity index (χ1v) is 8.62. The third-order valence-corrected chi connectivity index (χ3v) is 6.57. The Morgan fingerprint density at radius 3 is 2.95 bits per heavy atom. The smallest absolute Gasteiger partial charge is 0.252 e. The number of hydrogen-bond donors (Lipinski definition) is 1. The molecular formula is C12H20N2O3S2. The average molecular weight is 304 g/mol. The molecule has 108 valence electrons. The summed E-state index contributed by atoms with van der Waals surface area (Å²) in [6, 6.07) is 1.64. The van der Waals surface area contributed by atoms with Gasteiger partial charge in [-0.25, -0.2) is 8.42 Å². The lowest BCUT2D eigenvalue weighted by molar-refractivity contribution is -0.0170. The lowest BCUT2D eigenvalue weighted by Gasteiger charge is -2.35. The predicted octanol–water partition coefficient (Wildman–Crippen LogP) is 1.27. The summed E-state index contributed by atoms with van der Waals surface area (Å²) < 4.78 is 32.7. The standard InChI is InChI=1S/C12H20N2O3S2/c1-9-7-17-10(2)6-14(9)19(15,16)12-4-11(5-13-3)8-18-12/h4,8-10,13H,5-7H2,1-3H3. The summed E-state index contributed by atoms with van der Waals surface area (Å²) >= 11 is 1.28. The molecule has 19 heavy (non-hydrogen) atoms. The third-order valence-electron chi connectivity index (χ3n) is 3.12. The topological polar surface area (TPSA) is 58.6 Å². The fourth-order valence-corrected chi connectivity index (χ4v) is 5.14. The minimum absolute atomic E-state index is 0.0530. The maximum atomic E-state index is 12.6. The van der Waals surface area contributed by atoms with Gasteiger partial charge in [-0.05, 0) is 37.9 Å². The van der Waals surface area contributed by atoms with Crippen LogP contribution >= 0.6 is 11.3 Å². The van der Waals surface area contributed by atoms with Crippen LogP contribution in [0.15, 0.2) is 15.7 Å². The average Bonchev–Trinajstić information content (AvgIpc) is 2.82. The van der Waals surface area contributed by atoms with Crippen LogP contribution in [0.3, 0.4) is 0 Å². The van der Waals surface area contributed by atoms with Crippen LogP contribution in [-0.4, -0.2) is 45.1 Å². The van der Waals surface area contributed by atoms with Gasteiger partial charge >= 0.3 is 0 Å². The highest BCUT2D eigenvalue weighted by molar-refractivity contribution is 7.91. The van der Waals surface area contributed by atoms with Crippen molar-refractivity contribution in [3.05, 3.63) is 17.0 Å². The second-order valence-corrected chi connectivity index (χ2v) is 7.90. The summed E-state index contributed by atoms with van der Waals surface area (Å²) in [4.78, 5) is 0. The lowest BCUT2D eigenvalue weighted by Crippen LogP contribution is -2.49. The molecule has 1 aromatic rings. The molecule has 1 saturated heterocycles. The van der Waals surface area contributed by atoms with Crippen molar-refractivity contribution in [1.29, 1.82) is 0 Å². The van der Waals surface area contributed by atoms with Gasteiger partial charge in [0, 0.05) is 19.1 Å². The fourth-order valence-electron chi connectivity index (χ4n) is 2.11. The molecule has 0 bridgehead atoms. The number of hydrogen-bond acceptors (Lipinski definition) is 5. The predicted molar refractivity (Wildman–Crippen MR) is 75.9 cm³/mol. The Morgan fingerprint density at radius 2 is 2.26 bits per heavy atom. The van der Waals surface area contributed by atoms with Crippen molar-refractivity contribution in [3.63, 3.8) is 0 Å². The number of nitrogens with zero attached hydrogens (tertiary/aromatic N) is 1. The van der Waals surface area contributed by atoms with E-state index < -0.39 is 10.0 Å². The molecule has 0 aliphatic carbocycles. The Labute approximate surface area is 118 Å². The molecule has 0 amide bonds. The maximum Gasteiger partial charge on any atom is 0.252 e. The lowest BCUT2D eigenvalue weighted by atomic mass is 10.2. The van der Waals surface area contributed by atoms with Crippen molar-refractivity contribution in [1.82, 2.24) is 9.62 Å². The minimum Gasteiger partial charge on any atom is -0.375 e. The number of nitrogens with one attached hydrogen (secondary N) is 1. The third kappa shape index (κ3) is 3.17. The number of sulfonamides is 1. The molecule has 1 fully saturated rings. The number of morpholine rings is 1. The van der Waals surface area contributed by atoms with Crippen LogP contribution in [0.2, 0.25) is 0 Å². The Balaban J connectivity index is 2.24. The van der Waals surface area contributed by atoms with Crippen LogP contribution in [0, 0.1) is 0 Å². The van der Waals surface area contributed by atoms with Crippen molar-refractivity contribution < 1.29 is 13.2 Å². The van der Waals surface area contributed by atoms with E-state index in [9.17, 15) is 8.42 Å². The molecule has 2 unspecified atom stereocenters. The first kappa shape index (κ1) is 14.9. The van der Waals surface area contributed by atoms with Crippen molar-refractivity contribution in [3.8, 4) is 0 Å². The van der Waals surface area contributed by atoms with E-state index in [-0.39, 0.29) is 12.1 Å². The van der Waals surface area contributed by atoms with Crippen LogP contribution in [0.5, 0.6) is 0 Å². The van der Waals surface area contributed by atoms with Gasteiger partial charge in [-0.15, -0.1) is 11.3 Å². The van der Waals surface area contributed by atoms with Gasteiger partial charge in [-0.1, -0.05) is 0 Å². The van der Waals surface area contributed by atoms with E-state index >= 15 is 0 Å². The van der Waals surface area contributed by atoms with Crippen molar-refractivity contribution in [2.45, 2.75) is 36.7 Å². The van der Waals surface area contributed by atoms with Gasteiger partial charge < -0.3 is 10.1 Å². The molecule has 0 saturated carbocycles. The first-order chi connectivity index (χ1) is 8.95. The Morgan fingerprint density at radius 1 is 1.53 bits per heavy atom. The van der Waals surface area contributed by atoms with Crippen LogP contribution in [-0.2, 0) is 21.3 Å². The second-order valence-electron chi connectivity index (χ2n) is 4.87. The molecule has 1 aliphatic rings. The van der Waals surface area contributed by atoms with E-state index in [1.54, 1.807) is 10.4 Å². The van der Waals surface area contributed by atoms with Crippen molar-refractivity contribution in [2.24, 2.45) is 0 Å². The Hall–Kier alpha value is -0.470. The van der Waals surface area contributed by atoms with Gasteiger partial charge in [0.25, 0.3) is 10.0 Å². The molecule has 0 spiro atoms. The zero-order valence-electron chi connectivity index (χ0n) is 11.4. The Bertz CT molecular complexity index is 527. The SMILES string of the molecule is CNCc1csc(S(=O)(=O)N2CC(C)OCC2C)c1. The molecular weight excluding hydrogens is 284 g/mol. The number of thiophene rings is 1. The highest BCUT2D eigenvalue weighted by atomic mass is 32.2. The van der Waals surface area contributed by atoms with Crippen LogP contribution in [0.4, 0.5) is 0 Å². The molecule has 5 nitrogen and oxygen atoms in total. The first-order valence-electron chi connectivity index (χ1n) is 6.30. The zero-order chi connectivity index (χ0) is 14.0. The van der Waals surface area contributed by atoms with E-state index in [4.69, 9.17) is 4.74 Å². The van der Waals surface area contributed by atoms with Crippen LogP contribution < -0.4 is 5.32 Å². The van der Waals surface area contributed by atoms with Gasteiger partial charge in [-0.3, -0.25) is 0 Å². The fraction of sp³-hybridized carbons (Fsp3) is 0.667. The van der Waals surface area contributed by atoms with E-state index in [0.717, 1.165) is 5.56 Å². The summed E-state index contributed by atoms with van der Waals surface area (Å²) in [5.41, 5.74) is 1.00. The summed E-state index contributed by atoms with van der Waals surface area (Å²) in [6.45, 7) is 5.33. The molecule has 1 aliphatic heterocycles. The normalized spacial score (nSPS) is 25.6. The monoisotopic (exact) mass is 304 g/mol. The molecule has 2 rings (SSSR count). The van der Waals surface area contributed by atoms with Gasteiger partial charge in [-0.2, -0.15) is 4.31 Å². The van der Waals surface area contributed by atoms with Gasteiger partial charge in [0.05, 0.1) is 12.7 Å². The zero-order valence-corrected chi connectivity index (χ0v) is 13.1. The van der Waals surface area contributed by atoms with Crippen molar-refractivity contribution in [2.75, 3.05) is 20.2 Å². The molecule has 1 N–H and O–H groups in total. The molecule has 0 aromatic carbocycles. The summed E-state index contributed by atoms with van der Waals surface area (Å²) in [7, 11) is -1.55. The molecule has 1 aromatic heterocycles. The van der Waals surface area contributed by atoms with Crippen LogP contribution in [0.1, 0.15) is 19.4 Å². The van der Waals surface area contributed by atoms with E-state index in [1.807, 2.05) is 26.3 Å². The highest BCUT2D eigenvalue weighted by Gasteiger charge is 2.34. The second kappa shape index (κ2) is 5.88. The van der Waals surface area contributed by atoms with Crippen molar-refractivity contribution >= 4 is 21.4 Å². The quantitative estimate of drug-likeness (QED) is 0.910. The largest absolute Gasteiger partial charge is 0.375 e. The highest BCUT2D eigenvalue weighted by Crippen LogP contribution is 2.27.